The molecule has 2 fully saturated rings. The summed E-state index contributed by atoms with van der Waals surface area (Å²) in [4.78, 5) is 33.2. The predicted octanol–water partition coefficient (Wildman–Crippen LogP) is 3.96. The maximum atomic E-state index is 13.0. The summed E-state index contributed by atoms with van der Waals surface area (Å²) in [6, 6.07) is 8.40. The van der Waals surface area contributed by atoms with Crippen LogP contribution in [0.5, 0.6) is 5.75 Å². The molecule has 6 heteroatoms. The van der Waals surface area contributed by atoms with Crippen molar-refractivity contribution in [2.24, 2.45) is 0 Å². The maximum Gasteiger partial charge on any atom is 0.255 e. The Morgan fingerprint density at radius 3 is 2.55 bits per heavy atom. The van der Waals surface area contributed by atoms with Crippen molar-refractivity contribution in [1.82, 2.24) is 14.8 Å². The highest BCUT2D eigenvalue weighted by Crippen LogP contribution is 2.39. The van der Waals surface area contributed by atoms with Gasteiger partial charge < -0.3 is 9.64 Å². The third-order valence-electron chi connectivity index (χ3n) is 6.96. The SMILES string of the molecule is COc1ccc(C2CCCC3CN(C(=O)c4ccc(C(C)=O)nc4)CCN32)c(C)c1C. The number of carbonyl (C=O) groups excluding carboxylic acids is 2. The van der Waals surface area contributed by atoms with Crippen LogP contribution >= 0.6 is 0 Å². The molecule has 4 rings (SSSR count). The van der Waals surface area contributed by atoms with Crippen LogP contribution < -0.4 is 4.74 Å². The number of Topliss-reactive ketones (excluding diaryl/α,β-unsaturated/α-hetero) is 1. The highest BCUT2D eigenvalue weighted by atomic mass is 16.5. The molecule has 2 unspecified atom stereocenters. The summed E-state index contributed by atoms with van der Waals surface area (Å²) in [7, 11) is 1.72. The molecule has 3 heterocycles. The summed E-state index contributed by atoms with van der Waals surface area (Å²) in [6.07, 6.45) is 4.94. The first kappa shape index (κ1) is 21.5. The van der Waals surface area contributed by atoms with Crippen LogP contribution in [0.25, 0.3) is 0 Å². The topological polar surface area (TPSA) is 62.7 Å². The van der Waals surface area contributed by atoms with Crippen molar-refractivity contribution in [3.05, 3.63) is 58.4 Å². The number of benzene rings is 1. The van der Waals surface area contributed by atoms with Gasteiger partial charge in [0.05, 0.1) is 12.7 Å². The van der Waals surface area contributed by atoms with Crippen LogP contribution in [-0.4, -0.2) is 59.3 Å². The Labute approximate surface area is 184 Å². The lowest BCUT2D eigenvalue weighted by atomic mass is 9.86. The molecule has 1 amide bonds. The number of piperidine rings is 1. The van der Waals surface area contributed by atoms with E-state index in [4.69, 9.17) is 4.74 Å². The Balaban J connectivity index is 1.50. The van der Waals surface area contributed by atoms with Crippen molar-refractivity contribution in [2.45, 2.75) is 52.1 Å². The van der Waals surface area contributed by atoms with Gasteiger partial charge in [0.25, 0.3) is 5.91 Å². The number of pyridine rings is 1. The lowest BCUT2D eigenvalue weighted by Gasteiger charge is -2.48. The first-order valence-electron chi connectivity index (χ1n) is 11.1. The fourth-order valence-electron chi connectivity index (χ4n) is 5.08. The van der Waals surface area contributed by atoms with Crippen LogP contribution in [-0.2, 0) is 0 Å². The van der Waals surface area contributed by atoms with E-state index in [0.717, 1.165) is 38.1 Å². The first-order valence-corrected chi connectivity index (χ1v) is 11.1. The summed E-state index contributed by atoms with van der Waals surface area (Å²) in [5, 5.41) is 0. The van der Waals surface area contributed by atoms with Crippen molar-refractivity contribution in [2.75, 3.05) is 26.7 Å². The molecule has 1 aromatic heterocycles. The number of methoxy groups -OCH3 is 1. The molecule has 2 aromatic rings. The summed E-state index contributed by atoms with van der Waals surface area (Å²) >= 11 is 0. The van der Waals surface area contributed by atoms with Crippen molar-refractivity contribution >= 4 is 11.7 Å². The summed E-state index contributed by atoms with van der Waals surface area (Å²) in [5.74, 6) is 0.846. The molecule has 0 N–H and O–H groups in total. The molecular weight excluding hydrogens is 390 g/mol. The van der Waals surface area contributed by atoms with Gasteiger partial charge in [0, 0.05) is 44.8 Å². The molecule has 0 saturated carbocycles. The second-order valence-corrected chi connectivity index (χ2v) is 8.68. The normalized spacial score (nSPS) is 21.5. The number of aromatic nitrogens is 1. The summed E-state index contributed by atoms with van der Waals surface area (Å²) in [6.45, 7) is 8.10. The molecule has 2 aliphatic heterocycles. The van der Waals surface area contributed by atoms with Crippen molar-refractivity contribution in [1.29, 1.82) is 0 Å². The van der Waals surface area contributed by atoms with Gasteiger partial charge in [-0.3, -0.25) is 19.5 Å². The van der Waals surface area contributed by atoms with Gasteiger partial charge in [0.15, 0.2) is 5.78 Å². The van der Waals surface area contributed by atoms with E-state index in [-0.39, 0.29) is 11.7 Å². The van der Waals surface area contributed by atoms with E-state index in [2.05, 4.69) is 35.9 Å². The molecule has 2 saturated heterocycles. The Kier molecular flexibility index (Phi) is 6.10. The van der Waals surface area contributed by atoms with Crippen LogP contribution in [0, 0.1) is 13.8 Å². The third-order valence-corrected chi connectivity index (χ3v) is 6.96. The van der Waals surface area contributed by atoms with Crippen LogP contribution in [0.2, 0.25) is 0 Å². The number of nitrogens with zero attached hydrogens (tertiary/aromatic N) is 3. The lowest BCUT2D eigenvalue weighted by molar-refractivity contribution is 0.0101. The number of ketones is 1. The van der Waals surface area contributed by atoms with Gasteiger partial charge >= 0.3 is 0 Å². The fourth-order valence-corrected chi connectivity index (χ4v) is 5.08. The van der Waals surface area contributed by atoms with E-state index in [9.17, 15) is 9.59 Å². The Morgan fingerprint density at radius 1 is 1.06 bits per heavy atom. The van der Waals surface area contributed by atoms with Gasteiger partial charge in [0.2, 0.25) is 0 Å². The molecule has 0 spiro atoms. The highest BCUT2D eigenvalue weighted by Gasteiger charge is 2.37. The molecule has 0 bridgehead atoms. The Bertz CT molecular complexity index is 986. The predicted molar refractivity (Wildman–Crippen MR) is 120 cm³/mol. The van der Waals surface area contributed by atoms with E-state index in [1.807, 2.05) is 4.90 Å². The molecule has 164 valence electrons. The molecule has 0 radical (unpaired) electrons. The van der Waals surface area contributed by atoms with Gasteiger partial charge in [-0.05, 0) is 68.0 Å². The summed E-state index contributed by atoms with van der Waals surface area (Å²) < 4.78 is 5.50. The second-order valence-electron chi connectivity index (χ2n) is 8.68. The monoisotopic (exact) mass is 421 g/mol. The number of ether oxygens (including phenoxy) is 1. The van der Waals surface area contributed by atoms with E-state index in [0.29, 0.717) is 29.9 Å². The van der Waals surface area contributed by atoms with Gasteiger partial charge in [-0.15, -0.1) is 0 Å². The van der Waals surface area contributed by atoms with Gasteiger partial charge in [-0.1, -0.05) is 6.07 Å². The highest BCUT2D eigenvalue weighted by molar-refractivity contribution is 5.96. The lowest BCUT2D eigenvalue weighted by Crippen LogP contribution is -2.57. The van der Waals surface area contributed by atoms with Crippen molar-refractivity contribution < 1.29 is 14.3 Å². The smallest absolute Gasteiger partial charge is 0.255 e. The zero-order valence-corrected chi connectivity index (χ0v) is 18.9. The average molecular weight is 422 g/mol. The number of hydrogen-bond donors (Lipinski definition) is 0. The first-order chi connectivity index (χ1) is 14.9. The number of piperazine rings is 1. The largest absolute Gasteiger partial charge is 0.496 e. The minimum atomic E-state index is -0.0927. The minimum absolute atomic E-state index is 0.000785. The standard InChI is InChI=1S/C25H31N3O3/c1-16-17(2)24(31-4)11-9-21(16)23-7-5-6-20-15-27(12-13-28(20)23)25(30)19-8-10-22(18(3)29)26-14-19/h8-11,14,20,23H,5-7,12-13,15H2,1-4H3. The van der Waals surface area contributed by atoms with Gasteiger partial charge in [-0.2, -0.15) is 0 Å². The van der Waals surface area contributed by atoms with E-state index in [1.54, 1.807) is 19.2 Å². The number of rotatable bonds is 4. The molecule has 2 atom stereocenters. The summed E-state index contributed by atoms with van der Waals surface area (Å²) in [5.41, 5.74) is 4.83. The number of amides is 1. The van der Waals surface area contributed by atoms with Crippen molar-refractivity contribution in [3.63, 3.8) is 0 Å². The molecular formula is C25H31N3O3. The molecule has 31 heavy (non-hydrogen) atoms. The van der Waals surface area contributed by atoms with Crippen LogP contribution in [0.4, 0.5) is 0 Å². The zero-order valence-electron chi connectivity index (χ0n) is 18.9. The van der Waals surface area contributed by atoms with Crippen LogP contribution in [0.15, 0.2) is 30.5 Å². The quantitative estimate of drug-likeness (QED) is 0.699. The van der Waals surface area contributed by atoms with Gasteiger partial charge in [-0.25, -0.2) is 0 Å². The Hall–Kier alpha value is -2.73. The van der Waals surface area contributed by atoms with Crippen molar-refractivity contribution in [3.8, 4) is 5.75 Å². The number of carbonyl (C=O) groups is 2. The van der Waals surface area contributed by atoms with Gasteiger partial charge in [0.1, 0.15) is 11.4 Å². The minimum Gasteiger partial charge on any atom is -0.496 e. The molecule has 2 aliphatic rings. The number of fused-ring (bicyclic) bond motifs is 1. The fraction of sp³-hybridized carbons (Fsp3) is 0.480. The Morgan fingerprint density at radius 2 is 1.87 bits per heavy atom. The zero-order chi connectivity index (χ0) is 22.1. The second kappa shape index (κ2) is 8.79. The van der Waals surface area contributed by atoms with E-state index in [1.165, 1.54) is 29.8 Å². The average Bonchev–Trinajstić information content (AvgIpc) is 2.79. The van der Waals surface area contributed by atoms with E-state index >= 15 is 0 Å². The molecule has 1 aromatic carbocycles. The maximum absolute atomic E-state index is 13.0. The van der Waals surface area contributed by atoms with Crippen LogP contribution in [0.3, 0.4) is 0 Å². The molecule has 0 aliphatic carbocycles. The number of hydrogen-bond acceptors (Lipinski definition) is 5. The molecule has 6 nitrogen and oxygen atoms in total. The third kappa shape index (κ3) is 4.09. The van der Waals surface area contributed by atoms with Crippen LogP contribution in [0.1, 0.15) is 69.8 Å². The van der Waals surface area contributed by atoms with E-state index < -0.39 is 0 Å².